The first kappa shape index (κ1) is 16.7. The molecule has 0 unspecified atom stereocenters. The van der Waals surface area contributed by atoms with Crippen LogP contribution >= 0.6 is 0 Å². The molecule has 0 amide bonds. The number of methoxy groups -OCH3 is 2. The summed E-state index contributed by atoms with van der Waals surface area (Å²) >= 11 is 0. The predicted molar refractivity (Wildman–Crippen MR) is 96.4 cm³/mol. The van der Waals surface area contributed by atoms with E-state index in [4.69, 9.17) is 18.9 Å². The summed E-state index contributed by atoms with van der Waals surface area (Å²) in [6.45, 7) is 0.544. The second-order valence-electron chi connectivity index (χ2n) is 7.10. The number of fused-ring (bicyclic) bond motifs is 4. The van der Waals surface area contributed by atoms with E-state index in [1.54, 1.807) is 14.2 Å². The molecule has 5 rings (SSSR count). The SMILES string of the molecule is COc1ccc2c(c1OC)[C@@H](O)[C@@H]1c3c(cc4c(c3-2)OCO4)[C@H](O)CN1C. The fourth-order valence-corrected chi connectivity index (χ4v) is 4.66. The average Bonchev–Trinajstić information content (AvgIpc) is 3.13. The summed E-state index contributed by atoms with van der Waals surface area (Å²) < 4.78 is 22.5. The smallest absolute Gasteiger partial charge is 0.231 e. The van der Waals surface area contributed by atoms with Crippen molar-refractivity contribution in [3.8, 4) is 34.1 Å². The minimum Gasteiger partial charge on any atom is -0.493 e. The van der Waals surface area contributed by atoms with Crippen molar-refractivity contribution in [2.75, 3.05) is 34.6 Å². The fraction of sp³-hybridized carbons (Fsp3) is 0.400. The second kappa shape index (κ2) is 5.76. The van der Waals surface area contributed by atoms with Crippen molar-refractivity contribution < 1.29 is 29.2 Å². The number of aliphatic hydroxyl groups excluding tert-OH is 2. The zero-order valence-electron chi connectivity index (χ0n) is 15.4. The van der Waals surface area contributed by atoms with Crippen LogP contribution < -0.4 is 18.9 Å². The summed E-state index contributed by atoms with van der Waals surface area (Å²) in [5.74, 6) is 2.32. The molecular formula is C20H21NO6. The number of β-amino-alcohol motifs (C(OH)–C–C–N with tert-alkyl or cyclic N) is 1. The molecule has 0 saturated heterocycles. The van der Waals surface area contributed by atoms with E-state index in [1.807, 2.05) is 30.1 Å². The van der Waals surface area contributed by atoms with E-state index >= 15 is 0 Å². The molecule has 2 N–H and O–H groups in total. The molecule has 2 aromatic carbocycles. The van der Waals surface area contributed by atoms with Crippen molar-refractivity contribution in [1.29, 1.82) is 0 Å². The van der Waals surface area contributed by atoms with E-state index in [2.05, 4.69) is 0 Å². The van der Waals surface area contributed by atoms with Crippen LogP contribution in [0.15, 0.2) is 18.2 Å². The largest absolute Gasteiger partial charge is 0.493 e. The van der Waals surface area contributed by atoms with Crippen molar-refractivity contribution in [2.45, 2.75) is 18.2 Å². The van der Waals surface area contributed by atoms with E-state index in [-0.39, 0.29) is 12.8 Å². The summed E-state index contributed by atoms with van der Waals surface area (Å²) in [6, 6.07) is 5.22. The Morgan fingerprint density at radius 1 is 1.11 bits per heavy atom. The van der Waals surface area contributed by atoms with Crippen LogP contribution in [0, 0.1) is 0 Å². The average molecular weight is 371 g/mol. The molecular weight excluding hydrogens is 350 g/mol. The Balaban J connectivity index is 1.90. The Morgan fingerprint density at radius 2 is 1.93 bits per heavy atom. The Bertz CT molecular complexity index is 943. The van der Waals surface area contributed by atoms with Crippen LogP contribution in [0.5, 0.6) is 23.0 Å². The molecule has 0 saturated carbocycles. The summed E-state index contributed by atoms with van der Waals surface area (Å²) in [5.41, 5.74) is 3.96. The van der Waals surface area contributed by atoms with Crippen molar-refractivity contribution in [1.82, 2.24) is 4.90 Å². The molecule has 0 radical (unpaired) electrons. The van der Waals surface area contributed by atoms with E-state index in [1.165, 1.54) is 0 Å². The van der Waals surface area contributed by atoms with E-state index < -0.39 is 12.2 Å². The molecule has 0 bridgehead atoms. The lowest BCUT2D eigenvalue weighted by atomic mass is 9.74. The van der Waals surface area contributed by atoms with Crippen LogP contribution in [0.1, 0.15) is 34.9 Å². The number of rotatable bonds is 2. The Hall–Kier alpha value is -2.48. The van der Waals surface area contributed by atoms with Crippen molar-refractivity contribution in [2.24, 2.45) is 0 Å². The van der Waals surface area contributed by atoms with Crippen LogP contribution in [0.4, 0.5) is 0 Å². The third kappa shape index (κ3) is 2.07. The number of nitrogens with zero attached hydrogens (tertiary/aromatic N) is 1. The molecule has 3 atom stereocenters. The summed E-state index contributed by atoms with van der Waals surface area (Å²) in [7, 11) is 5.03. The van der Waals surface area contributed by atoms with Crippen LogP contribution in [0.2, 0.25) is 0 Å². The molecule has 27 heavy (non-hydrogen) atoms. The fourth-order valence-electron chi connectivity index (χ4n) is 4.66. The van der Waals surface area contributed by atoms with Gasteiger partial charge in [0.1, 0.15) is 6.10 Å². The number of hydrogen-bond acceptors (Lipinski definition) is 7. The maximum Gasteiger partial charge on any atom is 0.231 e. The standard InChI is InChI=1S/C20H21NO6/c1-21-7-11(22)10-6-13-20(27-8-26-13)15-9-4-5-12(24-2)19(25-3)16(9)18(23)17(21)14(10)15/h4-6,11,17-18,22-23H,7-8H2,1-3H3/t11-,17+,18-/m1/s1. The number of benzene rings is 2. The van der Waals surface area contributed by atoms with Crippen molar-refractivity contribution in [3.63, 3.8) is 0 Å². The molecule has 7 heteroatoms. The number of aliphatic hydroxyl groups is 2. The number of ether oxygens (including phenoxy) is 4. The lowest BCUT2D eigenvalue weighted by Gasteiger charge is -2.44. The highest BCUT2D eigenvalue weighted by molar-refractivity contribution is 5.86. The lowest BCUT2D eigenvalue weighted by Crippen LogP contribution is -2.40. The molecule has 142 valence electrons. The van der Waals surface area contributed by atoms with Gasteiger partial charge >= 0.3 is 0 Å². The van der Waals surface area contributed by atoms with Crippen LogP contribution in [-0.4, -0.2) is 49.7 Å². The van der Waals surface area contributed by atoms with Crippen LogP contribution in [0.25, 0.3) is 11.1 Å². The highest BCUT2D eigenvalue weighted by Crippen LogP contribution is 2.60. The van der Waals surface area contributed by atoms with Gasteiger partial charge in [-0.2, -0.15) is 0 Å². The molecule has 0 aromatic heterocycles. The van der Waals surface area contributed by atoms with Gasteiger partial charge in [-0.05, 0) is 41.9 Å². The topological polar surface area (TPSA) is 80.6 Å². The number of likely N-dealkylation sites (N-methyl/N-ethyl adjacent to an activating group) is 1. The van der Waals surface area contributed by atoms with Crippen LogP contribution in [-0.2, 0) is 0 Å². The molecule has 7 nitrogen and oxygen atoms in total. The molecule has 1 aliphatic carbocycles. The molecule has 0 fully saturated rings. The third-order valence-corrected chi connectivity index (χ3v) is 5.77. The third-order valence-electron chi connectivity index (χ3n) is 5.77. The Morgan fingerprint density at radius 3 is 2.67 bits per heavy atom. The molecule has 3 aliphatic rings. The Labute approximate surface area is 156 Å². The van der Waals surface area contributed by atoms with Gasteiger partial charge < -0.3 is 29.2 Å². The van der Waals surface area contributed by atoms with Crippen molar-refractivity contribution in [3.05, 3.63) is 34.9 Å². The van der Waals surface area contributed by atoms with Gasteiger partial charge in [-0.25, -0.2) is 0 Å². The highest BCUT2D eigenvalue weighted by Gasteiger charge is 2.46. The van der Waals surface area contributed by atoms with E-state index in [9.17, 15) is 10.2 Å². The van der Waals surface area contributed by atoms with Crippen molar-refractivity contribution >= 4 is 0 Å². The maximum atomic E-state index is 11.3. The van der Waals surface area contributed by atoms with Gasteiger partial charge in [-0.3, -0.25) is 4.90 Å². The number of hydrogen-bond donors (Lipinski definition) is 2. The predicted octanol–water partition coefficient (Wildman–Crippen LogP) is 2.17. The first-order valence-corrected chi connectivity index (χ1v) is 8.84. The van der Waals surface area contributed by atoms with Gasteiger partial charge in [0.15, 0.2) is 23.0 Å². The molecule has 2 aromatic rings. The monoisotopic (exact) mass is 371 g/mol. The normalized spacial score (nSPS) is 25.0. The second-order valence-corrected chi connectivity index (χ2v) is 7.10. The minimum absolute atomic E-state index is 0.132. The van der Waals surface area contributed by atoms with E-state index in [0.29, 0.717) is 35.1 Å². The van der Waals surface area contributed by atoms with Gasteiger partial charge in [-0.1, -0.05) is 0 Å². The van der Waals surface area contributed by atoms with Gasteiger partial charge in [0.2, 0.25) is 6.79 Å². The quantitative estimate of drug-likeness (QED) is 0.837. The minimum atomic E-state index is -0.839. The summed E-state index contributed by atoms with van der Waals surface area (Å²) in [4.78, 5) is 1.96. The summed E-state index contributed by atoms with van der Waals surface area (Å²) in [5, 5.41) is 22.0. The van der Waals surface area contributed by atoms with Crippen LogP contribution in [0.3, 0.4) is 0 Å². The summed E-state index contributed by atoms with van der Waals surface area (Å²) in [6.07, 6.45) is -1.50. The highest BCUT2D eigenvalue weighted by atomic mass is 16.7. The zero-order chi connectivity index (χ0) is 18.9. The molecule has 0 spiro atoms. The van der Waals surface area contributed by atoms with Gasteiger partial charge in [-0.15, -0.1) is 0 Å². The van der Waals surface area contributed by atoms with E-state index in [0.717, 1.165) is 22.3 Å². The zero-order valence-corrected chi connectivity index (χ0v) is 15.4. The van der Waals surface area contributed by atoms with Gasteiger partial charge in [0, 0.05) is 17.7 Å². The Kier molecular flexibility index (Phi) is 3.56. The molecule has 2 aliphatic heterocycles. The maximum absolute atomic E-state index is 11.3. The van der Waals surface area contributed by atoms with Gasteiger partial charge in [0.25, 0.3) is 0 Å². The van der Waals surface area contributed by atoms with Gasteiger partial charge in [0.05, 0.1) is 26.4 Å². The molecule has 2 heterocycles. The lowest BCUT2D eigenvalue weighted by molar-refractivity contribution is 0.0137. The first-order valence-electron chi connectivity index (χ1n) is 8.84. The first-order chi connectivity index (χ1) is 13.1.